The summed E-state index contributed by atoms with van der Waals surface area (Å²) in [5, 5.41) is 0. The Labute approximate surface area is 488 Å². The zero-order chi connectivity index (χ0) is 58.2. The molecule has 15 rings (SSSR count). The lowest BCUT2D eigenvalue weighted by atomic mass is 9.89. The van der Waals surface area contributed by atoms with Gasteiger partial charge in [0.1, 0.15) is 0 Å². The summed E-state index contributed by atoms with van der Waals surface area (Å²) in [5.74, 6) is 0. The molecule has 5 nitrogen and oxygen atoms in total. The number of benzene rings is 5. The smallest absolute Gasteiger partial charge is 0.0529 e. The number of hydrogen-bond acceptors (Lipinski definition) is 5. The van der Waals surface area contributed by atoms with Gasteiger partial charge >= 0.3 is 0 Å². The van der Waals surface area contributed by atoms with Crippen molar-refractivity contribution in [2.75, 3.05) is 0 Å². The molecule has 0 fully saturated rings. The van der Waals surface area contributed by atoms with E-state index in [0.717, 1.165) is 37.8 Å². The third-order valence-electron chi connectivity index (χ3n) is 19.0. The lowest BCUT2D eigenvalue weighted by Gasteiger charge is -2.15. The van der Waals surface area contributed by atoms with Crippen molar-refractivity contribution in [1.82, 2.24) is 24.9 Å². The van der Waals surface area contributed by atoms with Crippen LogP contribution in [-0.2, 0) is 32.1 Å². The fraction of sp³-hybridized carbons (Fsp3) is 0.286. The zero-order valence-electron chi connectivity index (χ0n) is 51.7. The maximum atomic E-state index is 4.63. The van der Waals surface area contributed by atoms with Crippen LogP contribution < -0.4 is 0 Å². The third kappa shape index (κ3) is 10.1. The van der Waals surface area contributed by atoms with Crippen molar-refractivity contribution in [1.29, 1.82) is 0 Å². The van der Waals surface area contributed by atoms with Gasteiger partial charge in [0.15, 0.2) is 0 Å². The molecule has 5 heteroatoms. The van der Waals surface area contributed by atoms with Crippen molar-refractivity contribution < 1.29 is 0 Å². The maximum absolute atomic E-state index is 4.63. The van der Waals surface area contributed by atoms with E-state index in [1.165, 1.54) is 201 Å². The Kier molecular flexibility index (Phi) is 14.9. The lowest BCUT2D eigenvalue weighted by molar-refractivity contribution is 1.07. The van der Waals surface area contributed by atoms with E-state index >= 15 is 0 Å². The van der Waals surface area contributed by atoms with Gasteiger partial charge in [-0.05, 0) is 293 Å². The van der Waals surface area contributed by atoms with Crippen molar-refractivity contribution in [3.63, 3.8) is 0 Å². The predicted octanol–water partition coefficient (Wildman–Crippen LogP) is 18.5. The SMILES string of the molecule is Cc1c(C)c(C)c2c(c1C)Cc1ncccc1-2.Cc1cc2c(c(C)c1C)Cc1nccc(C)c1-2.Cc1cc2c(cc1C)-c1c(C)ccnc1C2.Cc1ccc2c(n1)Cc1cc(C)c(C)cc1-2.Cc1cnc2c(c1)-c1cc(C)c(C)cc1C2. The van der Waals surface area contributed by atoms with E-state index in [1.807, 2.05) is 30.9 Å². The summed E-state index contributed by atoms with van der Waals surface area (Å²) in [5.41, 5.74) is 50.4. The van der Waals surface area contributed by atoms with Crippen molar-refractivity contribution in [3.8, 4) is 55.6 Å². The Balaban J connectivity index is 0.000000108. The van der Waals surface area contributed by atoms with Gasteiger partial charge in [-0.3, -0.25) is 24.9 Å². The predicted molar refractivity (Wildman–Crippen MR) is 343 cm³/mol. The molecule has 0 atom stereocenters. The molecule has 0 bridgehead atoms. The van der Waals surface area contributed by atoms with E-state index in [1.54, 1.807) is 0 Å². The Bertz CT molecular complexity index is 4260. The molecule has 412 valence electrons. The van der Waals surface area contributed by atoms with Crippen LogP contribution in [0.2, 0.25) is 0 Å². The molecule has 0 saturated heterocycles. The van der Waals surface area contributed by atoms with Crippen LogP contribution in [0.5, 0.6) is 0 Å². The second kappa shape index (κ2) is 22.0. The van der Waals surface area contributed by atoms with E-state index < -0.39 is 0 Å². The fourth-order valence-electron chi connectivity index (χ4n) is 13.2. The van der Waals surface area contributed by atoms with E-state index in [2.05, 4.69) is 221 Å². The molecule has 5 aliphatic carbocycles. The maximum Gasteiger partial charge on any atom is 0.0529 e. The van der Waals surface area contributed by atoms with Gasteiger partial charge in [0.2, 0.25) is 0 Å². The highest BCUT2D eigenvalue weighted by Gasteiger charge is 2.28. The summed E-state index contributed by atoms with van der Waals surface area (Å²) < 4.78 is 0. The van der Waals surface area contributed by atoms with E-state index in [-0.39, 0.29) is 0 Å². The highest BCUT2D eigenvalue weighted by atomic mass is 14.7. The number of pyridine rings is 5. The fourth-order valence-corrected chi connectivity index (χ4v) is 13.2. The molecule has 82 heavy (non-hydrogen) atoms. The first-order valence-corrected chi connectivity index (χ1v) is 29.4. The van der Waals surface area contributed by atoms with Gasteiger partial charge in [-0.1, -0.05) is 54.6 Å². The van der Waals surface area contributed by atoms with Crippen LogP contribution in [-0.4, -0.2) is 24.9 Å². The van der Waals surface area contributed by atoms with Crippen molar-refractivity contribution in [3.05, 3.63) is 261 Å². The van der Waals surface area contributed by atoms with Gasteiger partial charge in [0, 0.05) is 90.4 Å². The van der Waals surface area contributed by atoms with Gasteiger partial charge in [0.05, 0.1) is 28.5 Å². The summed E-state index contributed by atoms with van der Waals surface area (Å²) in [6.07, 6.45) is 12.7. The molecule has 5 aromatic carbocycles. The van der Waals surface area contributed by atoms with Gasteiger partial charge < -0.3 is 0 Å². The monoisotopic (exact) mass is 1070 g/mol. The minimum atomic E-state index is 0.992. The second-order valence-electron chi connectivity index (χ2n) is 24.3. The van der Waals surface area contributed by atoms with Gasteiger partial charge in [-0.2, -0.15) is 0 Å². The molecule has 5 aromatic heterocycles. The molecule has 0 radical (unpaired) electrons. The van der Waals surface area contributed by atoms with Crippen LogP contribution in [0.3, 0.4) is 0 Å². The summed E-state index contributed by atoms with van der Waals surface area (Å²) in [6, 6.07) is 31.2. The molecular formula is C77H79N5. The van der Waals surface area contributed by atoms with E-state index in [4.69, 9.17) is 0 Å². The van der Waals surface area contributed by atoms with Crippen LogP contribution in [0.25, 0.3) is 55.6 Å². The number of fused-ring (bicyclic) bond motifs is 15. The van der Waals surface area contributed by atoms with Crippen molar-refractivity contribution in [2.24, 2.45) is 0 Å². The van der Waals surface area contributed by atoms with Crippen molar-refractivity contribution in [2.45, 2.75) is 150 Å². The average molecular weight is 1070 g/mol. The Hall–Kier alpha value is -8.15. The number of nitrogens with zero attached hydrogens (tertiary/aromatic N) is 5. The normalized spacial score (nSPS) is 12.5. The molecule has 0 N–H and O–H groups in total. The number of aryl methyl sites for hydroxylation is 11. The lowest BCUT2D eigenvalue weighted by Crippen LogP contribution is -1.98. The van der Waals surface area contributed by atoms with Crippen LogP contribution in [0.4, 0.5) is 0 Å². The highest BCUT2D eigenvalue weighted by molar-refractivity contribution is 5.83. The summed E-state index contributed by atoms with van der Waals surface area (Å²) >= 11 is 0. The van der Waals surface area contributed by atoms with Crippen LogP contribution in [0, 0.1) is 118 Å². The van der Waals surface area contributed by atoms with E-state index in [9.17, 15) is 0 Å². The first-order chi connectivity index (χ1) is 39.2. The second-order valence-corrected chi connectivity index (χ2v) is 24.3. The van der Waals surface area contributed by atoms with Gasteiger partial charge in [0.25, 0.3) is 0 Å². The summed E-state index contributed by atoms with van der Waals surface area (Å²) in [6.45, 7) is 37.2. The van der Waals surface area contributed by atoms with Crippen molar-refractivity contribution >= 4 is 0 Å². The molecule has 0 amide bonds. The Morgan fingerprint density at radius 1 is 0.280 bits per heavy atom. The standard InChI is InChI=1S/2C16H17N.3C15H15N/c1-9-5-6-17-15-8-13-12(4)11(3)10(2)7-14(13)16(9)15;1-9-10(2)12(4)16-13-6-5-7-17-15(13)8-14(16)11(9)3;1-9-4-14-13-6-11(3)10(2)5-12(13)7-15(14)16-8-9;1-9-6-12-8-15-13(5-4-11(3)16-15)14(12)7-10(9)2;1-9-4-5-16-14-8-12-6-10(2)11(3)7-13(12)15(9)14/h2*5-7H,8H2,1-4H3;4-6,8H,7H2,1-3H3;2*4-7H,8H2,1-3H3. The number of rotatable bonds is 0. The Morgan fingerprint density at radius 3 is 1.40 bits per heavy atom. The van der Waals surface area contributed by atoms with Crippen LogP contribution >= 0.6 is 0 Å². The molecule has 10 aromatic rings. The first-order valence-electron chi connectivity index (χ1n) is 29.4. The molecule has 0 unspecified atom stereocenters. The quantitative estimate of drug-likeness (QED) is 0.151. The topological polar surface area (TPSA) is 64.5 Å². The molecule has 5 aliphatic rings. The zero-order valence-corrected chi connectivity index (χ0v) is 51.7. The summed E-state index contributed by atoms with van der Waals surface area (Å²) in [4.78, 5) is 22.7. The summed E-state index contributed by atoms with van der Waals surface area (Å²) in [7, 11) is 0. The Morgan fingerprint density at radius 2 is 0.756 bits per heavy atom. The molecular weight excluding hydrogens is 995 g/mol. The third-order valence-corrected chi connectivity index (χ3v) is 19.0. The van der Waals surface area contributed by atoms with Crippen LogP contribution in [0.1, 0.15) is 151 Å². The van der Waals surface area contributed by atoms with E-state index in [0.29, 0.717) is 0 Å². The molecule has 0 spiro atoms. The highest BCUT2D eigenvalue weighted by Crippen LogP contribution is 2.44. The molecule has 0 saturated carbocycles. The molecule has 0 aliphatic heterocycles. The van der Waals surface area contributed by atoms with Crippen LogP contribution in [0.15, 0.2) is 110 Å². The minimum absolute atomic E-state index is 0.992. The number of hydrogen-bond donors (Lipinski definition) is 0. The number of aromatic nitrogens is 5. The van der Waals surface area contributed by atoms with Gasteiger partial charge in [-0.25, -0.2) is 0 Å². The average Bonchev–Trinajstić information content (AvgIpc) is 3.87. The minimum Gasteiger partial charge on any atom is -0.260 e. The van der Waals surface area contributed by atoms with Gasteiger partial charge in [-0.15, -0.1) is 0 Å². The molecule has 5 heterocycles. The largest absolute Gasteiger partial charge is 0.260 e. The first kappa shape index (κ1) is 55.7.